The number of carbonyl (C=O) groups excluding carboxylic acids is 1. The molecule has 1 N–H and O–H groups in total. The summed E-state index contributed by atoms with van der Waals surface area (Å²) in [5.41, 5.74) is 3.15. The van der Waals surface area contributed by atoms with E-state index in [9.17, 15) is 4.79 Å². The Bertz CT molecular complexity index is 1870. The lowest BCUT2D eigenvalue weighted by atomic mass is 10.0. The van der Waals surface area contributed by atoms with Crippen molar-refractivity contribution < 1.29 is 13.9 Å². The van der Waals surface area contributed by atoms with Crippen LogP contribution in [0.15, 0.2) is 61.8 Å². The first-order chi connectivity index (χ1) is 20.4. The lowest BCUT2D eigenvalue weighted by Gasteiger charge is -2.31. The molecule has 2 saturated heterocycles. The zero-order chi connectivity index (χ0) is 29.0. The third-order valence-electron chi connectivity index (χ3n) is 8.10. The third-order valence-corrected chi connectivity index (χ3v) is 8.10. The molecule has 2 aliphatic rings. The first kappa shape index (κ1) is 25.8. The number of fused-ring (bicyclic) bond motifs is 4. The number of likely N-dealkylation sites (tertiary alicyclic amines) is 1. The molecule has 0 spiro atoms. The van der Waals surface area contributed by atoms with Crippen molar-refractivity contribution >= 4 is 45.4 Å². The molecule has 212 valence electrons. The standard InChI is InChI=1S/C30H28FN9O2/c1-4-26(41)39-10-9-18-11-19(39)14-40(18)25-8-6-22-28(37-25)29(34-15-33-22)36-21-5-7-24(17(2)27(21)31)42-20-12-23-30(32-13-20)38(3)16-35-23/h4-8,12-13,15-16,18-19H,1,9-11,14H2,2-3H3,(H,33,34,36)/t18-,19+/m1/s1. The molecule has 0 saturated carbocycles. The van der Waals surface area contributed by atoms with Crippen LogP contribution in [-0.2, 0) is 11.8 Å². The summed E-state index contributed by atoms with van der Waals surface area (Å²) in [6.07, 6.45) is 7.82. The smallest absolute Gasteiger partial charge is 0.246 e. The normalized spacial score (nSPS) is 18.1. The molecule has 11 nitrogen and oxygen atoms in total. The Morgan fingerprint density at radius 1 is 1.14 bits per heavy atom. The van der Waals surface area contributed by atoms with Gasteiger partial charge in [-0.1, -0.05) is 6.58 Å². The highest BCUT2D eigenvalue weighted by Gasteiger charge is 2.41. The van der Waals surface area contributed by atoms with E-state index < -0.39 is 5.82 Å². The highest BCUT2D eigenvalue weighted by atomic mass is 19.1. The van der Waals surface area contributed by atoms with E-state index in [1.54, 1.807) is 37.6 Å². The molecule has 1 amide bonds. The molecular formula is C30H28FN9O2. The number of nitrogens with one attached hydrogen (secondary N) is 1. The molecule has 5 aromatic rings. The molecule has 4 aromatic heterocycles. The van der Waals surface area contributed by atoms with Crippen LogP contribution >= 0.6 is 0 Å². The molecule has 0 unspecified atom stereocenters. The molecule has 0 radical (unpaired) electrons. The quantitative estimate of drug-likeness (QED) is 0.294. The minimum absolute atomic E-state index is 0.0358. The van der Waals surface area contributed by atoms with E-state index in [1.165, 1.54) is 12.4 Å². The maximum absolute atomic E-state index is 15.6. The second kappa shape index (κ2) is 10.1. The van der Waals surface area contributed by atoms with E-state index >= 15 is 4.39 Å². The van der Waals surface area contributed by atoms with Crippen molar-refractivity contribution in [3.8, 4) is 11.5 Å². The third kappa shape index (κ3) is 4.35. The maximum atomic E-state index is 15.6. The van der Waals surface area contributed by atoms with Crippen molar-refractivity contribution in [2.75, 3.05) is 23.3 Å². The van der Waals surface area contributed by atoms with Crippen molar-refractivity contribution in [3.63, 3.8) is 0 Å². The number of ether oxygens (including phenoxy) is 1. The van der Waals surface area contributed by atoms with Gasteiger partial charge in [-0.3, -0.25) is 4.79 Å². The number of imidazole rings is 1. The number of pyridine rings is 2. The molecule has 7 rings (SSSR count). The number of nitrogens with zero attached hydrogens (tertiary/aromatic N) is 8. The Balaban J connectivity index is 1.15. The number of hydrogen-bond donors (Lipinski definition) is 1. The van der Waals surface area contributed by atoms with Gasteiger partial charge in [-0.2, -0.15) is 0 Å². The van der Waals surface area contributed by atoms with Gasteiger partial charge in [0.1, 0.15) is 34.7 Å². The van der Waals surface area contributed by atoms with Crippen LogP contribution in [0.1, 0.15) is 18.4 Å². The highest BCUT2D eigenvalue weighted by Crippen LogP contribution is 2.36. The Morgan fingerprint density at radius 3 is 2.88 bits per heavy atom. The van der Waals surface area contributed by atoms with E-state index in [2.05, 4.69) is 36.7 Å². The molecule has 2 fully saturated rings. The molecule has 2 bridgehead atoms. The Kier molecular flexibility index (Phi) is 6.18. The predicted octanol–water partition coefficient (Wildman–Crippen LogP) is 4.66. The number of rotatable bonds is 6. The number of piperidine rings is 1. The molecular weight excluding hydrogens is 537 g/mol. The van der Waals surface area contributed by atoms with Gasteiger partial charge in [-0.05, 0) is 50.1 Å². The number of carbonyl (C=O) groups is 1. The summed E-state index contributed by atoms with van der Waals surface area (Å²) in [4.78, 5) is 38.8. The van der Waals surface area contributed by atoms with Gasteiger partial charge in [0.05, 0.1) is 29.8 Å². The second-order valence-corrected chi connectivity index (χ2v) is 10.6. The SMILES string of the molecule is C=CC(=O)N1CC[C@@H]2C[C@H]1CN2c1ccc2ncnc(Nc3ccc(Oc4cnc5c(c4)ncn5C)c(C)c3F)c2n1. The van der Waals surface area contributed by atoms with Gasteiger partial charge in [-0.25, -0.2) is 29.3 Å². The summed E-state index contributed by atoms with van der Waals surface area (Å²) in [5.74, 6) is 1.50. The molecule has 42 heavy (non-hydrogen) atoms. The first-order valence-corrected chi connectivity index (χ1v) is 13.7. The van der Waals surface area contributed by atoms with Crippen molar-refractivity contribution in [3.05, 3.63) is 73.2 Å². The summed E-state index contributed by atoms with van der Waals surface area (Å²) < 4.78 is 23.4. The van der Waals surface area contributed by atoms with Gasteiger partial charge in [0.25, 0.3) is 0 Å². The molecule has 2 atom stereocenters. The summed E-state index contributed by atoms with van der Waals surface area (Å²) in [5, 5.41) is 3.12. The van der Waals surface area contributed by atoms with E-state index in [0.29, 0.717) is 52.5 Å². The number of hydrogen-bond acceptors (Lipinski definition) is 9. The minimum Gasteiger partial charge on any atom is -0.455 e. The number of halogens is 1. The van der Waals surface area contributed by atoms with Crippen LogP contribution in [0.5, 0.6) is 11.5 Å². The number of aromatic nitrogens is 6. The first-order valence-electron chi connectivity index (χ1n) is 13.7. The summed E-state index contributed by atoms with van der Waals surface area (Å²) in [7, 11) is 1.86. The highest BCUT2D eigenvalue weighted by molar-refractivity contribution is 5.89. The number of amides is 1. The van der Waals surface area contributed by atoms with E-state index in [0.717, 1.165) is 24.3 Å². The van der Waals surface area contributed by atoms with Crippen molar-refractivity contribution in [2.45, 2.75) is 31.8 Å². The predicted molar refractivity (Wildman–Crippen MR) is 156 cm³/mol. The molecule has 6 heterocycles. The largest absolute Gasteiger partial charge is 0.455 e. The summed E-state index contributed by atoms with van der Waals surface area (Å²) in [6.45, 7) is 6.69. The van der Waals surface area contributed by atoms with E-state index in [4.69, 9.17) is 9.72 Å². The number of benzene rings is 1. The lowest BCUT2D eigenvalue weighted by Crippen LogP contribution is -2.43. The topological polar surface area (TPSA) is 114 Å². The monoisotopic (exact) mass is 565 g/mol. The molecule has 1 aromatic carbocycles. The van der Waals surface area contributed by atoms with Gasteiger partial charge in [-0.15, -0.1) is 0 Å². The average molecular weight is 566 g/mol. The van der Waals surface area contributed by atoms with E-state index in [1.807, 2.05) is 28.6 Å². The summed E-state index contributed by atoms with van der Waals surface area (Å²) in [6, 6.07) is 9.32. The van der Waals surface area contributed by atoms with Crippen LogP contribution in [0.4, 0.5) is 21.7 Å². The maximum Gasteiger partial charge on any atom is 0.246 e. The van der Waals surface area contributed by atoms with Crippen LogP contribution in [-0.4, -0.2) is 65.5 Å². The van der Waals surface area contributed by atoms with Crippen LogP contribution in [0.2, 0.25) is 0 Å². The Labute approximate surface area is 240 Å². The van der Waals surface area contributed by atoms with Crippen LogP contribution in [0.3, 0.4) is 0 Å². The van der Waals surface area contributed by atoms with Crippen molar-refractivity contribution in [1.29, 1.82) is 0 Å². The lowest BCUT2D eigenvalue weighted by molar-refractivity contribution is -0.128. The minimum atomic E-state index is -0.470. The fourth-order valence-corrected chi connectivity index (χ4v) is 5.91. The second-order valence-electron chi connectivity index (χ2n) is 10.6. The zero-order valence-corrected chi connectivity index (χ0v) is 23.2. The van der Waals surface area contributed by atoms with Crippen LogP contribution in [0, 0.1) is 12.7 Å². The van der Waals surface area contributed by atoms with Crippen molar-refractivity contribution in [2.24, 2.45) is 7.05 Å². The number of aryl methyl sites for hydroxylation is 1. The van der Waals surface area contributed by atoms with Gasteiger partial charge in [0.2, 0.25) is 5.91 Å². The Hall–Kier alpha value is -5.13. The molecule has 2 aliphatic heterocycles. The van der Waals surface area contributed by atoms with Gasteiger partial charge in [0, 0.05) is 37.8 Å². The van der Waals surface area contributed by atoms with Gasteiger partial charge < -0.3 is 24.4 Å². The van der Waals surface area contributed by atoms with Crippen molar-refractivity contribution in [1.82, 2.24) is 34.4 Å². The van der Waals surface area contributed by atoms with Crippen LogP contribution in [0.25, 0.3) is 22.2 Å². The van der Waals surface area contributed by atoms with Crippen LogP contribution < -0.4 is 15.0 Å². The zero-order valence-electron chi connectivity index (χ0n) is 23.2. The van der Waals surface area contributed by atoms with E-state index in [-0.39, 0.29) is 23.7 Å². The Morgan fingerprint density at radius 2 is 2.02 bits per heavy atom. The fourth-order valence-electron chi connectivity index (χ4n) is 5.91. The average Bonchev–Trinajstić information content (AvgIpc) is 3.55. The summed E-state index contributed by atoms with van der Waals surface area (Å²) >= 11 is 0. The number of anilines is 3. The van der Waals surface area contributed by atoms with Gasteiger partial charge >= 0.3 is 0 Å². The van der Waals surface area contributed by atoms with Gasteiger partial charge in [0.15, 0.2) is 17.3 Å². The molecule has 0 aliphatic carbocycles. The molecule has 12 heteroatoms. The fraction of sp³-hybridized carbons (Fsp3) is 0.267.